The van der Waals surface area contributed by atoms with Crippen LogP contribution in [-0.2, 0) is 12.0 Å². The molecule has 0 aliphatic rings. The number of hydrogen-bond donors (Lipinski definition) is 1. The Morgan fingerprint density at radius 2 is 1.74 bits per heavy atom. The molecule has 2 aromatic rings. The molecule has 0 aliphatic heterocycles. The summed E-state index contributed by atoms with van der Waals surface area (Å²) in [5.74, 6) is 0.432. The Hall–Kier alpha value is -1.87. The average Bonchev–Trinajstić information content (AvgIpc) is 2.41. The molecule has 1 unspecified atom stereocenters. The molecular weight excluding hydrogens is 243 g/mol. The van der Waals surface area contributed by atoms with Gasteiger partial charge in [0.25, 0.3) is 0 Å². The maximum absolute atomic E-state index is 13.6. The van der Waals surface area contributed by atoms with E-state index in [1.165, 1.54) is 6.07 Å². The predicted octanol–water partition coefficient (Wildman–Crippen LogP) is 3.28. The van der Waals surface area contributed by atoms with Crippen LogP contribution in [0.5, 0.6) is 5.75 Å². The van der Waals surface area contributed by atoms with Gasteiger partial charge in [-0.2, -0.15) is 0 Å². The number of benzene rings is 2. The molecule has 2 nitrogen and oxygen atoms in total. The Bertz CT molecular complexity index is 547. The minimum absolute atomic E-state index is 0.228. The van der Waals surface area contributed by atoms with Crippen LogP contribution in [0.1, 0.15) is 18.1 Å². The summed E-state index contributed by atoms with van der Waals surface area (Å²) in [6.07, 6.45) is 0.228. The van der Waals surface area contributed by atoms with Crippen molar-refractivity contribution in [2.45, 2.75) is 18.9 Å². The Kier molecular flexibility index (Phi) is 3.86. The molecule has 2 rings (SSSR count). The van der Waals surface area contributed by atoms with Crippen molar-refractivity contribution in [3.05, 3.63) is 65.5 Å². The standard InChI is InChI=1S/C16H17FO2/c1-16(18,11-12-5-3-4-6-15(12)17)13-7-9-14(19-2)10-8-13/h3-10,18H,11H2,1-2H3. The van der Waals surface area contributed by atoms with E-state index in [1.54, 1.807) is 56.5 Å². The molecule has 3 heteroatoms. The lowest BCUT2D eigenvalue weighted by Crippen LogP contribution is -2.24. The molecule has 0 fully saturated rings. The molecule has 1 N–H and O–H groups in total. The predicted molar refractivity (Wildman–Crippen MR) is 72.7 cm³/mol. The van der Waals surface area contributed by atoms with E-state index in [2.05, 4.69) is 0 Å². The molecule has 0 aliphatic carbocycles. The molecule has 0 saturated carbocycles. The zero-order valence-electron chi connectivity index (χ0n) is 11.1. The number of halogens is 1. The zero-order chi connectivity index (χ0) is 13.9. The summed E-state index contributed by atoms with van der Waals surface area (Å²) in [7, 11) is 1.59. The first-order valence-corrected chi connectivity index (χ1v) is 6.13. The minimum atomic E-state index is -1.12. The highest BCUT2D eigenvalue weighted by Crippen LogP contribution is 2.27. The molecule has 0 aromatic heterocycles. The van der Waals surface area contributed by atoms with Gasteiger partial charge in [0.1, 0.15) is 11.6 Å². The van der Waals surface area contributed by atoms with Crippen molar-refractivity contribution in [2.24, 2.45) is 0 Å². The molecule has 0 amide bonds. The van der Waals surface area contributed by atoms with Crippen molar-refractivity contribution in [1.29, 1.82) is 0 Å². The van der Waals surface area contributed by atoms with Gasteiger partial charge >= 0.3 is 0 Å². The second kappa shape index (κ2) is 5.41. The van der Waals surface area contributed by atoms with Crippen molar-refractivity contribution in [3.63, 3.8) is 0 Å². The van der Waals surface area contributed by atoms with Gasteiger partial charge in [0.05, 0.1) is 12.7 Å². The topological polar surface area (TPSA) is 29.5 Å². The maximum Gasteiger partial charge on any atom is 0.126 e. The minimum Gasteiger partial charge on any atom is -0.497 e. The summed E-state index contributed by atoms with van der Waals surface area (Å²) >= 11 is 0. The van der Waals surface area contributed by atoms with Crippen molar-refractivity contribution < 1.29 is 14.2 Å². The molecule has 19 heavy (non-hydrogen) atoms. The normalized spacial score (nSPS) is 13.9. The molecule has 0 radical (unpaired) electrons. The number of methoxy groups -OCH3 is 1. The highest BCUT2D eigenvalue weighted by molar-refractivity contribution is 5.32. The largest absolute Gasteiger partial charge is 0.497 e. The van der Waals surface area contributed by atoms with E-state index in [9.17, 15) is 9.50 Å². The Morgan fingerprint density at radius 1 is 1.11 bits per heavy atom. The fraction of sp³-hybridized carbons (Fsp3) is 0.250. The summed E-state index contributed by atoms with van der Waals surface area (Å²) < 4.78 is 18.7. The highest BCUT2D eigenvalue weighted by atomic mass is 19.1. The van der Waals surface area contributed by atoms with Crippen molar-refractivity contribution >= 4 is 0 Å². The van der Waals surface area contributed by atoms with Gasteiger partial charge in [-0.05, 0) is 36.2 Å². The summed E-state index contributed by atoms with van der Waals surface area (Å²) in [6.45, 7) is 1.68. The van der Waals surface area contributed by atoms with Gasteiger partial charge in [-0.1, -0.05) is 30.3 Å². The fourth-order valence-electron chi connectivity index (χ4n) is 2.06. The van der Waals surface area contributed by atoms with E-state index in [1.807, 2.05) is 0 Å². The third kappa shape index (κ3) is 3.12. The number of ether oxygens (including phenoxy) is 1. The Labute approximate surface area is 112 Å². The van der Waals surface area contributed by atoms with Crippen LogP contribution in [0, 0.1) is 5.82 Å². The number of aliphatic hydroxyl groups is 1. The van der Waals surface area contributed by atoms with Gasteiger partial charge in [0.2, 0.25) is 0 Å². The highest BCUT2D eigenvalue weighted by Gasteiger charge is 2.24. The third-order valence-corrected chi connectivity index (χ3v) is 3.20. The summed E-state index contributed by atoms with van der Waals surface area (Å²) in [6, 6.07) is 13.6. The van der Waals surface area contributed by atoms with Crippen LogP contribution in [0.2, 0.25) is 0 Å². The lowest BCUT2D eigenvalue weighted by Gasteiger charge is -2.24. The Morgan fingerprint density at radius 3 is 2.32 bits per heavy atom. The fourth-order valence-corrected chi connectivity index (χ4v) is 2.06. The maximum atomic E-state index is 13.6. The van der Waals surface area contributed by atoms with E-state index < -0.39 is 5.60 Å². The van der Waals surface area contributed by atoms with Crippen LogP contribution < -0.4 is 4.74 Å². The Balaban J connectivity index is 2.24. The van der Waals surface area contributed by atoms with Gasteiger partial charge in [-0.15, -0.1) is 0 Å². The third-order valence-electron chi connectivity index (χ3n) is 3.20. The summed E-state index contributed by atoms with van der Waals surface area (Å²) in [5.41, 5.74) is 0.119. The van der Waals surface area contributed by atoms with Crippen LogP contribution in [0.25, 0.3) is 0 Å². The first kappa shape index (κ1) is 13.6. The van der Waals surface area contributed by atoms with Crippen molar-refractivity contribution in [2.75, 3.05) is 7.11 Å². The van der Waals surface area contributed by atoms with Gasteiger partial charge in [0.15, 0.2) is 0 Å². The molecule has 0 spiro atoms. The van der Waals surface area contributed by atoms with Crippen molar-refractivity contribution in [1.82, 2.24) is 0 Å². The molecular formula is C16H17FO2. The monoisotopic (exact) mass is 260 g/mol. The molecule has 100 valence electrons. The molecule has 2 aromatic carbocycles. The summed E-state index contributed by atoms with van der Waals surface area (Å²) in [5, 5.41) is 10.5. The first-order valence-electron chi connectivity index (χ1n) is 6.13. The van der Waals surface area contributed by atoms with Crippen molar-refractivity contribution in [3.8, 4) is 5.75 Å². The van der Waals surface area contributed by atoms with E-state index in [0.717, 1.165) is 11.3 Å². The van der Waals surface area contributed by atoms with Crippen LogP contribution in [0.15, 0.2) is 48.5 Å². The average molecular weight is 260 g/mol. The molecule has 0 saturated heterocycles. The van der Waals surface area contributed by atoms with Crippen LogP contribution in [-0.4, -0.2) is 12.2 Å². The van der Waals surface area contributed by atoms with Gasteiger partial charge in [-0.3, -0.25) is 0 Å². The van der Waals surface area contributed by atoms with Gasteiger partial charge in [0, 0.05) is 6.42 Å². The summed E-state index contributed by atoms with van der Waals surface area (Å²) in [4.78, 5) is 0. The smallest absolute Gasteiger partial charge is 0.126 e. The van der Waals surface area contributed by atoms with E-state index in [-0.39, 0.29) is 12.2 Å². The molecule has 0 heterocycles. The lowest BCUT2D eigenvalue weighted by molar-refractivity contribution is 0.0566. The van der Waals surface area contributed by atoms with E-state index >= 15 is 0 Å². The number of rotatable bonds is 4. The second-order valence-electron chi connectivity index (χ2n) is 4.77. The molecule has 0 bridgehead atoms. The van der Waals surface area contributed by atoms with E-state index in [0.29, 0.717) is 5.56 Å². The van der Waals surface area contributed by atoms with Gasteiger partial charge in [-0.25, -0.2) is 4.39 Å². The van der Waals surface area contributed by atoms with E-state index in [4.69, 9.17) is 4.74 Å². The van der Waals surface area contributed by atoms with Crippen LogP contribution in [0.4, 0.5) is 4.39 Å². The van der Waals surface area contributed by atoms with Crippen LogP contribution in [0.3, 0.4) is 0 Å². The number of hydrogen-bond acceptors (Lipinski definition) is 2. The first-order chi connectivity index (χ1) is 9.03. The molecule has 1 atom stereocenters. The zero-order valence-corrected chi connectivity index (χ0v) is 11.1. The van der Waals surface area contributed by atoms with Crippen LogP contribution >= 0.6 is 0 Å². The SMILES string of the molecule is COc1ccc(C(C)(O)Cc2ccccc2F)cc1. The quantitative estimate of drug-likeness (QED) is 0.914. The lowest BCUT2D eigenvalue weighted by atomic mass is 9.89. The van der Waals surface area contributed by atoms with Gasteiger partial charge < -0.3 is 9.84 Å². The second-order valence-corrected chi connectivity index (χ2v) is 4.77.